The highest BCUT2D eigenvalue weighted by Crippen LogP contribution is 2.30. The molecule has 1 aromatic carbocycles. The Bertz CT molecular complexity index is 470. The predicted molar refractivity (Wildman–Crippen MR) is 85.7 cm³/mol. The fraction of sp³-hybridized carbons (Fsp3) is 0.611. The number of carbonyl (C=O) groups is 1. The van der Waals surface area contributed by atoms with Crippen LogP contribution in [0.1, 0.15) is 68.3 Å². The van der Waals surface area contributed by atoms with Crippen LogP contribution >= 0.6 is 0 Å². The van der Waals surface area contributed by atoms with Crippen LogP contribution in [-0.2, 0) is 6.54 Å². The highest BCUT2D eigenvalue weighted by Gasteiger charge is 2.28. The molecular formula is C18H27NO2. The quantitative estimate of drug-likeness (QED) is 0.630. The molecule has 0 atom stereocenters. The number of benzene rings is 1. The Morgan fingerprint density at radius 2 is 1.86 bits per heavy atom. The molecule has 0 radical (unpaired) electrons. The van der Waals surface area contributed by atoms with Gasteiger partial charge >= 0.3 is 0 Å². The fourth-order valence-electron chi connectivity index (χ4n) is 2.82. The van der Waals surface area contributed by atoms with Crippen LogP contribution in [-0.4, -0.2) is 24.0 Å². The molecule has 3 heteroatoms. The first-order chi connectivity index (χ1) is 10.3. The number of ether oxygens (including phenoxy) is 1. The zero-order valence-electron chi connectivity index (χ0n) is 13.4. The number of rotatable bonds is 9. The van der Waals surface area contributed by atoms with Crippen molar-refractivity contribution in [2.24, 2.45) is 0 Å². The predicted octanol–water partition coefficient (Wildman–Crippen LogP) is 4.40. The fourth-order valence-corrected chi connectivity index (χ4v) is 2.82. The Labute approximate surface area is 128 Å². The molecule has 0 unspecified atom stereocenters. The zero-order chi connectivity index (χ0) is 15.1. The third kappa shape index (κ3) is 3.99. The van der Waals surface area contributed by atoms with Crippen molar-refractivity contribution < 1.29 is 9.53 Å². The van der Waals surface area contributed by atoms with Crippen LogP contribution < -0.4 is 4.74 Å². The topological polar surface area (TPSA) is 29.5 Å². The number of hydrogen-bond acceptors (Lipinski definition) is 2. The molecular weight excluding hydrogens is 262 g/mol. The first-order valence-electron chi connectivity index (χ1n) is 8.31. The smallest absolute Gasteiger partial charge is 0.254 e. The normalized spacial score (nSPS) is 13.6. The Morgan fingerprint density at radius 3 is 2.62 bits per heavy atom. The van der Waals surface area contributed by atoms with E-state index in [1.54, 1.807) is 0 Å². The van der Waals surface area contributed by atoms with Crippen molar-refractivity contribution in [2.75, 3.05) is 13.2 Å². The molecule has 0 bridgehead atoms. The van der Waals surface area contributed by atoms with Gasteiger partial charge in [-0.25, -0.2) is 0 Å². The van der Waals surface area contributed by atoms with E-state index in [0.29, 0.717) is 6.54 Å². The van der Waals surface area contributed by atoms with Crippen molar-refractivity contribution >= 4 is 5.91 Å². The maximum absolute atomic E-state index is 12.1. The molecule has 1 aliphatic heterocycles. The summed E-state index contributed by atoms with van der Waals surface area (Å²) in [6.07, 6.45) is 7.58. The maximum atomic E-state index is 12.1. The maximum Gasteiger partial charge on any atom is 0.254 e. The average Bonchev–Trinajstić information content (AvgIpc) is 2.84. The molecule has 0 spiro atoms. The lowest BCUT2D eigenvalue weighted by atomic mass is 10.1. The Balaban J connectivity index is 1.82. The highest BCUT2D eigenvalue weighted by atomic mass is 16.5. The van der Waals surface area contributed by atoms with Crippen LogP contribution in [0, 0.1) is 0 Å². The molecule has 1 amide bonds. The van der Waals surface area contributed by atoms with Crippen LogP contribution in [0.4, 0.5) is 0 Å². The third-order valence-electron chi connectivity index (χ3n) is 4.14. The Morgan fingerprint density at radius 1 is 1.10 bits per heavy atom. The molecule has 0 aliphatic carbocycles. The molecule has 116 valence electrons. The number of unbranched alkanes of at least 4 members (excludes halogenated alkanes) is 5. The van der Waals surface area contributed by atoms with E-state index in [0.717, 1.165) is 36.4 Å². The standard InChI is InChI=1S/C18H27NO2/c1-3-5-6-7-8-9-13-21-17-12-10-11-15-16(17)14-19(4-2)18(15)20/h10-12H,3-9,13-14H2,1-2H3. The van der Waals surface area contributed by atoms with Crippen LogP contribution in [0.25, 0.3) is 0 Å². The summed E-state index contributed by atoms with van der Waals surface area (Å²) < 4.78 is 5.92. The van der Waals surface area contributed by atoms with Crippen molar-refractivity contribution in [3.63, 3.8) is 0 Å². The van der Waals surface area contributed by atoms with Crippen LogP contribution in [0.5, 0.6) is 5.75 Å². The van der Waals surface area contributed by atoms with E-state index in [-0.39, 0.29) is 5.91 Å². The van der Waals surface area contributed by atoms with Gasteiger partial charge in [0.1, 0.15) is 5.75 Å². The third-order valence-corrected chi connectivity index (χ3v) is 4.14. The second-order valence-electron chi connectivity index (χ2n) is 5.72. The van der Waals surface area contributed by atoms with Crippen molar-refractivity contribution in [2.45, 2.75) is 58.9 Å². The van der Waals surface area contributed by atoms with Gasteiger partial charge in [0.25, 0.3) is 5.91 Å². The number of amides is 1. The van der Waals surface area contributed by atoms with Gasteiger partial charge in [0.2, 0.25) is 0 Å². The van der Waals surface area contributed by atoms with Gasteiger partial charge in [-0.05, 0) is 25.5 Å². The van der Waals surface area contributed by atoms with Crippen molar-refractivity contribution in [1.29, 1.82) is 0 Å². The van der Waals surface area contributed by atoms with Gasteiger partial charge < -0.3 is 9.64 Å². The minimum atomic E-state index is 0.137. The zero-order valence-corrected chi connectivity index (χ0v) is 13.4. The molecule has 3 nitrogen and oxygen atoms in total. The number of carbonyl (C=O) groups excluding carboxylic acids is 1. The van der Waals surface area contributed by atoms with Gasteiger partial charge in [0.05, 0.1) is 13.2 Å². The largest absolute Gasteiger partial charge is 0.493 e. The summed E-state index contributed by atoms with van der Waals surface area (Å²) in [7, 11) is 0. The van der Waals surface area contributed by atoms with Gasteiger partial charge in [0, 0.05) is 17.7 Å². The van der Waals surface area contributed by atoms with E-state index >= 15 is 0 Å². The minimum Gasteiger partial charge on any atom is -0.493 e. The molecule has 1 aliphatic rings. The summed E-state index contributed by atoms with van der Waals surface area (Å²) in [6.45, 7) is 6.45. The van der Waals surface area contributed by atoms with Crippen molar-refractivity contribution in [3.8, 4) is 5.75 Å². The van der Waals surface area contributed by atoms with Gasteiger partial charge in [-0.1, -0.05) is 45.1 Å². The molecule has 1 aromatic rings. The van der Waals surface area contributed by atoms with E-state index in [9.17, 15) is 4.79 Å². The Kier molecular flexibility index (Phi) is 6.09. The van der Waals surface area contributed by atoms with Gasteiger partial charge in [-0.2, -0.15) is 0 Å². The Hall–Kier alpha value is -1.51. The van der Waals surface area contributed by atoms with Crippen LogP contribution in [0.15, 0.2) is 18.2 Å². The van der Waals surface area contributed by atoms with E-state index < -0.39 is 0 Å². The van der Waals surface area contributed by atoms with Crippen molar-refractivity contribution in [3.05, 3.63) is 29.3 Å². The van der Waals surface area contributed by atoms with E-state index in [4.69, 9.17) is 4.74 Å². The molecule has 2 rings (SSSR count). The lowest BCUT2D eigenvalue weighted by molar-refractivity contribution is 0.0787. The average molecular weight is 289 g/mol. The van der Waals surface area contributed by atoms with E-state index in [2.05, 4.69) is 6.92 Å². The summed E-state index contributed by atoms with van der Waals surface area (Å²) >= 11 is 0. The molecule has 0 saturated heterocycles. The minimum absolute atomic E-state index is 0.137. The van der Waals surface area contributed by atoms with Crippen LogP contribution in [0.2, 0.25) is 0 Å². The summed E-state index contributed by atoms with van der Waals surface area (Å²) in [5, 5.41) is 0. The van der Waals surface area contributed by atoms with Gasteiger partial charge in [0.15, 0.2) is 0 Å². The monoisotopic (exact) mass is 289 g/mol. The highest BCUT2D eigenvalue weighted by molar-refractivity contribution is 5.99. The SMILES string of the molecule is CCCCCCCCOc1cccc2c1CN(CC)C2=O. The van der Waals surface area contributed by atoms with Crippen molar-refractivity contribution in [1.82, 2.24) is 4.90 Å². The lowest BCUT2D eigenvalue weighted by Gasteiger charge is -2.12. The summed E-state index contributed by atoms with van der Waals surface area (Å²) in [5.74, 6) is 1.03. The summed E-state index contributed by atoms with van der Waals surface area (Å²) in [6, 6.07) is 5.82. The van der Waals surface area contributed by atoms with Gasteiger partial charge in [-0.15, -0.1) is 0 Å². The molecule has 0 saturated carbocycles. The molecule has 21 heavy (non-hydrogen) atoms. The molecule has 0 N–H and O–H groups in total. The number of nitrogens with zero attached hydrogens (tertiary/aromatic N) is 1. The molecule has 0 fully saturated rings. The second kappa shape index (κ2) is 8.06. The van der Waals surface area contributed by atoms with Gasteiger partial charge in [-0.3, -0.25) is 4.79 Å². The second-order valence-corrected chi connectivity index (χ2v) is 5.72. The molecule has 0 aromatic heterocycles. The first kappa shape index (κ1) is 15.9. The first-order valence-corrected chi connectivity index (χ1v) is 8.31. The summed E-state index contributed by atoms with van der Waals surface area (Å²) in [5.41, 5.74) is 1.88. The lowest BCUT2D eigenvalue weighted by Crippen LogP contribution is -2.22. The number of hydrogen-bond donors (Lipinski definition) is 0. The van der Waals surface area contributed by atoms with E-state index in [1.165, 1.54) is 32.1 Å². The number of fused-ring (bicyclic) bond motifs is 1. The van der Waals surface area contributed by atoms with E-state index in [1.807, 2.05) is 30.0 Å². The molecule has 1 heterocycles. The summed E-state index contributed by atoms with van der Waals surface area (Å²) in [4.78, 5) is 14.0. The van der Waals surface area contributed by atoms with Crippen LogP contribution in [0.3, 0.4) is 0 Å².